The van der Waals surface area contributed by atoms with Gasteiger partial charge in [-0.2, -0.15) is 0 Å². The van der Waals surface area contributed by atoms with Gasteiger partial charge in [-0.15, -0.1) is 0 Å². The van der Waals surface area contributed by atoms with E-state index >= 15 is 0 Å². The first-order valence-electron chi connectivity index (χ1n) is 7.40. The van der Waals surface area contributed by atoms with E-state index in [0.29, 0.717) is 0 Å². The van der Waals surface area contributed by atoms with Gasteiger partial charge in [-0.3, -0.25) is 4.98 Å². The Hall–Kier alpha value is -2.19. The summed E-state index contributed by atoms with van der Waals surface area (Å²) < 4.78 is 0. The third kappa shape index (κ3) is 3.29. The molecule has 0 aliphatic heterocycles. The van der Waals surface area contributed by atoms with Crippen molar-refractivity contribution in [3.8, 4) is 0 Å². The summed E-state index contributed by atoms with van der Waals surface area (Å²) in [5, 5.41) is 11.5. The highest BCUT2D eigenvalue weighted by molar-refractivity contribution is 5.82. The molecule has 0 bridgehead atoms. The number of fused-ring (bicyclic) bond motifs is 1. The summed E-state index contributed by atoms with van der Waals surface area (Å²) in [7, 11) is 0. The number of pyridine rings is 1. The van der Waals surface area contributed by atoms with E-state index < -0.39 is 6.10 Å². The zero-order valence-corrected chi connectivity index (χ0v) is 11.9. The van der Waals surface area contributed by atoms with Crippen LogP contribution in [0.15, 0.2) is 66.9 Å². The van der Waals surface area contributed by atoms with Crippen molar-refractivity contribution in [1.29, 1.82) is 0 Å². The molecular formula is C19H19NO. The van der Waals surface area contributed by atoms with Crippen molar-refractivity contribution in [2.75, 3.05) is 0 Å². The quantitative estimate of drug-likeness (QED) is 0.754. The van der Waals surface area contributed by atoms with Gasteiger partial charge in [0.15, 0.2) is 0 Å². The molecule has 1 N–H and O–H groups in total. The fraction of sp³-hybridized carbons (Fsp3) is 0.211. The highest BCUT2D eigenvalue weighted by atomic mass is 16.3. The molecule has 0 fully saturated rings. The van der Waals surface area contributed by atoms with E-state index in [4.69, 9.17) is 0 Å². The first kappa shape index (κ1) is 13.8. The maximum absolute atomic E-state index is 10.5. The Morgan fingerprint density at radius 2 is 1.76 bits per heavy atom. The van der Waals surface area contributed by atoms with E-state index in [1.54, 1.807) is 6.20 Å². The molecule has 0 aliphatic rings. The molecule has 0 aliphatic carbocycles. The Morgan fingerprint density at radius 1 is 0.905 bits per heavy atom. The van der Waals surface area contributed by atoms with E-state index in [1.807, 2.05) is 36.4 Å². The minimum absolute atomic E-state index is 0.429. The highest BCUT2D eigenvalue weighted by Gasteiger charge is 2.11. The summed E-state index contributed by atoms with van der Waals surface area (Å²) in [6.45, 7) is 0. The normalized spacial score (nSPS) is 12.4. The largest absolute Gasteiger partial charge is 0.388 e. The topological polar surface area (TPSA) is 33.1 Å². The lowest BCUT2D eigenvalue weighted by atomic mass is 9.98. The van der Waals surface area contributed by atoms with Crippen molar-refractivity contribution >= 4 is 10.9 Å². The average molecular weight is 277 g/mol. The van der Waals surface area contributed by atoms with Crippen molar-refractivity contribution < 1.29 is 5.11 Å². The van der Waals surface area contributed by atoms with Gasteiger partial charge in [0.2, 0.25) is 0 Å². The molecule has 3 aromatic rings. The van der Waals surface area contributed by atoms with Gasteiger partial charge in [-0.1, -0.05) is 48.5 Å². The van der Waals surface area contributed by atoms with Gasteiger partial charge in [0.1, 0.15) is 0 Å². The van der Waals surface area contributed by atoms with Gasteiger partial charge in [0.05, 0.1) is 11.6 Å². The maximum Gasteiger partial charge on any atom is 0.0796 e. The number of hydrogen-bond acceptors (Lipinski definition) is 2. The molecule has 0 saturated heterocycles. The Bertz CT molecular complexity index is 704. The number of benzene rings is 2. The Kier molecular flexibility index (Phi) is 4.27. The molecule has 0 radical (unpaired) electrons. The number of hydrogen-bond donors (Lipinski definition) is 1. The fourth-order valence-corrected chi connectivity index (χ4v) is 2.72. The first-order chi connectivity index (χ1) is 10.3. The smallest absolute Gasteiger partial charge is 0.0796 e. The molecule has 106 valence electrons. The molecule has 3 rings (SSSR count). The summed E-state index contributed by atoms with van der Waals surface area (Å²) in [6.07, 6.45) is 4.10. The Labute approximate surface area is 125 Å². The van der Waals surface area contributed by atoms with Crippen LogP contribution < -0.4 is 0 Å². The molecule has 0 amide bonds. The summed E-state index contributed by atoms with van der Waals surface area (Å²) in [5.41, 5.74) is 3.25. The van der Waals surface area contributed by atoms with Gasteiger partial charge >= 0.3 is 0 Å². The molecule has 21 heavy (non-hydrogen) atoms. The van der Waals surface area contributed by atoms with Gasteiger partial charge in [0, 0.05) is 11.6 Å². The Morgan fingerprint density at radius 3 is 2.62 bits per heavy atom. The summed E-state index contributed by atoms with van der Waals surface area (Å²) in [6, 6.07) is 20.3. The minimum atomic E-state index is -0.429. The highest BCUT2D eigenvalue weighted by Crippen LogP contribution is 2.26. The summed E-state index contributed by atoms with van der Waals surface area (Å²) in [4.78, 5) is 4.34. The number of aryl methyl sites for hydroxylation is 1. The predicted molar refractivity (Wildman–Crippen MR) is 86.1 cm³/mol. The number of aromatic nitrogens is 1. The first-order valence-corrected chi connectivity index (χ1v) is 7.40. The summed E-state index contributed by atoms with van der Waals surface area (Å²) in [5.74, 6) is 0. The van der Waals surface area contributed by atoms with Crippen LogP contribution in [0.1, 0.15) is 30.1 Å². The van der Waals surface area contributed by atoms with Crippen molar-refractivity contribution in [1.82, 2.24) is 4.98 Å². The van der Waals surface area contributed by atoms with Gasteiger partial charge in [-0.25, -0.2) is 0 Å². The van der Waals surface area contributed by atoms with Gasteiger partial charge in [-0.05, 0) is 42.5 Å². The molecule has 2 nitrogen and oxygen atoms in total. The molecule has 1 aromatic heterocycles. The zero-order chi connectivity index (χ0) is 14.5. The average Bonchev–Trinajstić information content (AvgIpc) is 2.55. The molecule has 0 saturated carbocycles. The van der Waals surface area contributed by atoms with Crippen LogP contribution in [0.2, 0.25) is 0 Å². The predicted octanol–water partition coefficient (Wildman–Crippen LogP) is 4.29. The van der Waals surface area contributed by atoms with Crippen LogP contribution in [0.25, 0.3) is 10.9 Å². The second-order valence-corrected chi connectivity index (χ2v) is 5.31. The zero-order valence-electron chi connectivity index (χ0n) is 11.9. The second-order valence-electron chi connectivity index (χ2n) is 5.31. The number of aliphatic hydroxyl groups excluding tert-OH is 1. The van der Waals surface area contributed by atoms with Crippen molar-refractivity contribution in [3.63, 3.8) is 0 Å². The molecule has 1 heterocycles. The number of nitrogens with zero attached hydrogens (tertiary/aromatic N) is 1. The van der Waals surface area contributed by atoms with Crippen molar-refractivity contribution in [2.45, 2.75) is 25.4 Å². The van der Waals surface area contributed by atoms with E-state index in [1.165, 1.54) is 5.56 Å². The monoisotopic (exact) mass is 277 g/mol. The lowest BCUT2D eigenvalue weighted by molar-refractivity contribution is 0.166. The van der Waals surface area contributed by atoms with Gasteiger partial charge in [0.25, 0.3) is 0 Å². The van der Waals surface area contributed by atoms with Crippen LogP contribution in [0.4, 0.5) is 0 Å². The van der Waals surface area contributed by atoms with Crippen molar-refractivity contribution in [2.24, 2.45) is 0 Å². The fourth-order valence-electron chi connectivity index (χ4n) is 2.72. The SMILES string of the molecule is OC(CCCc1ccccc1)c1cccc2ncccc12. The third-order valence-corrected chi connectivity index (χ3v) is 3.82. The van der Waals surface area contributed by atoms with E-state index in [0.717, 1.165) is 35.7 Å². The number of rotatable bonds is 5. The van der Waals surface area contributed by atoms with Gasteiger partial charge < -0.3 is 5.11 Å². The van der Waals surface area contributed by atoms with E-state index in [-0.39, 0.29) is 0 Å². The molecule has 2 aromatic carbocycles. The molecule has 0 spiro atoms. The molecule has 1 atom stereocenters. The lowest BCUT2D eigenvalue weighted by Gasteiger charge is -2.13. The number of aliphatic hydroxyl groups is 1. The molecule has 2 heteroatoms. The summed E-state index contributed by atoms with van der Waals surface area (Å²) >= 11 is 0. The lowest BCUT2D eigenvalue weighted by Crippen LogP contribution is -2.00. The molecular weight excluding hydrogens is 258 g/mol. The van der Waals surface area contributed by atoms with E-state index in [9.17, 15) is 5.11 Å². The van der Waals surface area contributed by atoms with Crippen LogP contribution >= 0.6 is 0 Å². The van der Waals surface area contributed by atoms with Crippen LogP contribution in [-0.4, -0.2) is 10.1 Å². The van der Waals surface area contributed by atoms with Crippen LogP contribution in [0, 0.1) is 0 Å². The third-order valence-electron chi connectivity index (χ3n) is 3.82. The van der Waals surface area contributed by atoms with Crippen LogP contribution in [-0.2, 0) is 6.42 Å². The second kappa shape index (κ2) is 6.51. The molecule has 1 unspecified atom stereocenters. The van der Waals surface area contributed by atoms with Crippen LogP contribution in [0.3, 0.4) is 0 Å². The standard InChI is InChI=1S/C19H19NO/c21-19(13-4-9-15-7-2-1-3-8-15)17-10-5-12-18-16(17)11-6-14-20-18/h1-3,5-8,10-12,14,19,21H,4,9,13H2. The Balaban J connectivity index is 1.68. The maximum atomic E-state index is 10.5. The van der Waals surface area contributed by atoms with Crippen LogP contribution in [0.5, 0.6) is 0 Å². The minimum Gasteiger partial charge on any atom is -0.388 e. The van der Waals surface area contributed by atoms with Crippen molar-refractivity contribution in [3.05, 3.63) is 78.0 Å². The van der Waals surface area contributed by atoms with E-state index in [2.05, 4.69) is 29.2 Å².